The molecule has 1 aromatic rings. The van der Waals surface area contributed by atoms with Gasteiger partial charge in [-0.05, 0) is 75.8 Å². The van der Waals surface area contributed by atoms with Gasteiger partial charge in [0.2, 0.25) is 0 Å². The number of nitrogens with zero attached hydrogens (tertiary/aromatic N) is 1. The summed E-state index contributed by atoms with van der Waals surface area (Å²) in [6.07, 6.45) is 8.59. The topological polar surface area (TPSA) is 50.8 Å². The third kappa shape index (κ3) is 9.20. The molecule has 0 radical (unpaired) electrons. The van der Waals surface area contributed by atoms with Crippen molar-refractivity contribution in [3.05, 3.63) is 24.3 Å². The lowest BCUT2D eigenvalue weighted by atomic mass is 9.96. The number of anilines is 1. The summed E-state index contributed by atoms with van der Waals surface area (Å²) in [7, 11) is 0. The third-order valence-electron chi connectivity index (χ3n) is 6.10. The molecule has 0 spiro atoms. The fraction of sp³-hybridized carbons (Fsp3) is 0.731. The molecule has 176 valence electrons. The van der Waals surface area contributed by atoms with Gasteiger partial charge in [0.25, 0.3) is 5.91 Å². The molecule has 1 aliphatic heterocycles. The van der Waals surface area contributed by atoms with Crippen molar-refractivity contribution < 1.29 is 14.3 Å². The van der Waals surface area contributed by atoms with Crippen LogP contribution in [0.3, 0.4) is 0 Å². The van der Waals surface area contributed by atoms with Gasteiger partial charge in [0.15, 0.2) is 0 Å². The van der Waals surface area contributed by atoms with E-state index in [1.807, 2.05) is 31.2 Å². The second kappa shape index (κ2) is 13.7. The van der Waals surface area contributed by atoms with Crippen LogP contribution in [0.25, 0.3) is 0 Å². The predicted molar refractivity (Wildman–Crippen MR) is 129 cm³/mol. The molecule has 1 amide bonds. The fourth-order valence-corrected chi connectivity index (χ4v) is 4.16. The highest BCUT2D eigenvalue weighted by molar-refractivity contribution is 5.97. The van der Waals surface area contributed by atoms with Gasteiger partial charge in [0.05, 0.1) is 6.61 Å². The number of hydrogen-bond donors (Lipinski definition) is 1. The summed E-state index contributed by atoms with van der Waals surface area (Å²) >= 11 is 0. The van der Waals surface area contributed by atoms with Crippen molar-refractivity contribution >= 4 is 11.6 Å². The highest BCUT2D eigenvalue weighted by Crippen LogP contribution is 2.24. The summed E-state index contributed by atoms with van der Waals surface area (Å²) in [5.74, 6) is 1.60. The zero-order chi connectivity index (χ0) is 22.5. The van der Waals surface area contributed by atoms with E-state index in [1.54, 1.807) is 0 Å². The molecule has 1 aliphatic rings. The maximum atomic E-state index is 12.9. The van der Waals surface area contributed by atoms with E-state index < -0.39 is 5.60 Å². The van der Waals surface area contributed by atoms with Crippen LogP contribution in [0.5, 0.6) is 5.75 Å². The number of benzene rings is 1. The monoisotopic (exact) mass is 432 g/mol. The van der Waals surface area contributed by atoms with E-state index in [2.05, 4.69) is 31.0 Å². The number of ether oxygens (including phenoxy) is 2. The van der Waals surface area contributed by atoms with Gasteiger partial charge in [-0.3, -0.25) is 4.79 Å². The van der Waals surface area contributed by atoms with Crippen LogP contribution >= 0.6 is 0 Å². The second-order valence-electron chi connectivity index (χ2n) is 9.26. The normalized spacial score (nSPS) is 19.0. The van der Waals surface area contributed by atoms with Crippen molar-refractivity contribution in [3.63, 3.8) is 0 Å². The van der Waals surface area contributed by atoms with E-state index in [0.717, 1.165) is 69.0 Å². The number of piperidine rings is 1. The molecule has 1 saturated heterocycles. The maximum Gasteiger partial charge on any atom is 0.256 e. The molecule has 0 saturated carbocycles. The molecule has 2 rings (SSSR count). The summed E-state index contributed by atoms with van der Waals surface area (Å²) in [5, 5.41) is 3.03. The Kier molecular flexibility index (Phi) is 11.4. The zero-order valence-corrected chi connectivity index (χ0v) is 20.3. The van der Waals surface area contributed by atoms with Crippen molar-refractivity contribution in [2.24, 2.45) is 5.92 Å². The summed E-state index contributed by atoms with van der Waals surface area (Å²) in [6.45, 7) is 13.3. The van der Waals surface area contributed by atoms with Crippen LogP contribution in [0.15, 0.2) is 24.3 Å². The van der Waals surface area contributed by atoms with Crippen LogP contribution in [0.1, 0.15) is 79.1 Å². The van der Waals surface area contributed by atoms with E-state index >= 15 is 0 Å². The van der Waals surface area contributed by atoms with Crippen LogP contribution in [-0.2, 0) is 9.53 Å². The standard InChI is InChI=1S/C26H44N2O3/c1-5-7-8-16-26(4,31-19-6-2)25(29)27-23-12-14-24(15-13-23)30-20-10-18-28-17-9-11-22(3)21-28/h12-15,22H,5-11,16-21H2,1-4H3,(H,27,29)/t22-,26-/m0/s1. The lowest BCUT2D eigenvalue weighted by molar-refractivity contribution is -0.140. The minimum absolute atomic E-state index is 0.0681. The first-order chi connectivity index (χ1) is 15.0. The van der Waals surface area contributed by atoms with Crippen molar-refractivity contribution in [1.82, 2.24) is 4.90 Å². The molecule has 5 nitrogen and oxygen atoms in total. The third-order valence-corrected chi connectivity index (χ3v) is 6.10. The van der Waals surface area contributed by atoms with Gasteiger partial charge in [-0.25, -0.2) is 0 Å². The zero-order valence-electron chi connectivity index (χ0n) is 20.3. The molecular formula is C26H44N2O3. The van der Waals surface area contributed by atoms with Gasteiger partial charge in [-0.15, -0.1) is 0 Å². The van der Waals surface area contributed by atoms with Gasteiger partial charge in [0.1, 0.15) is 11.4 Å². The summed E-state index contributed by atoms with van der Waals surface area (Å²) in [6, 6.07) is 7.68. The molecule has 5 heteroatoms. The highest BCUT2D eigenvalue weighted by Gasteiger charge is 2.33. The van der Waals surface area contributed by atoms with Crippen molar-refractivity contribution in [1.29, 1.82) is 0 Å². The van der Waals surface area contributed by atoms with Crippen LogP contribution in [-0.4, -0.2) is 49.3 Å². The van der Waals surface area contributed by atoms with Crippen LogP contribution in [0.2, 0.25) is 0 Å². The fourth-order valence-electron chi connectivity index (χ4n) is 4.16. The van der Waals surface area contributed by atoms with E-state index in [0.29, 0.717) is 6.61 Å². The molecule has 0 bridgehead atoms. The molecule has 1 fully saturated rings. The van der Waals surface area contributed by atoms with E-state index in [1.165, 1.54) is 25.9 Å². The number of likely N-dealkylation sites (tertiary alicyclic amines) is 1. The average Bonchev–Trinajstić information content (AvgIpc) is 2.76. The molecule has 1 aromatic carbocycles. The second-order valence-corrected chi connectivity index (χ2v) is 9.26. The molecule has 0 unspecified atom stereocenters. The number of rotatable bonds is 14. The number of hydrogen-bond acceptors (Lipinski definition) is 4. The Morgan fingerprint density at radius 1 is 1.13 bits per heavy atom. The van der Waals surface area contributed by atoms with Gasteiger partial charge in [0, 0.05) is 25.4 Å². The smallest absolute Gasteiger partial charge is 0.256 e. The minimum atomic E-state index is -0.785. The predicted octanol–water partition coefficient (Wildman–Crippen LogP) is 5.89. The van der Waals surface area contributed by atoms with E-state index in [9.17, 15) is 4.79 Å². The highest BCUT2D eigenvalue weighted by atomic mass is 16.5. The molecule has 2 atom stereocenters. The lowest BCUT2D eigenvalue weighted by Gasteiger charge is -2.30. The van der Waals surface area contributed by atoms with Gasteiger partial charge >= 0.3 is 0 Å². The summed E-state index contributed by atoms with van der Waals surface area (Å²) < 4.78 is 11.9. The number of carbonyl (C=O) groups is 1. The Hall–Kier alpha value is -1.59. The Labute approximate surface area is 189 Å². The molecule has 0 aliphatic carbocycles. The van der Waals surface area contributed by atoms with E-state index in [-0.39, 0.29) is 5.91 Å². The van der Waals surface area contributed by atoms with Crippen molar-refractivity contribution in [2.45, 2.75) is 84.7 Å². The lowest BCUT2D eigenvalue weighted by Crippen LogP contribution is -2.43. The summed E-state index contributed by atoms with van der Waals surface area (Å²) in [5.41, 5.74) is -0.00628. The first-order valence-electron chi connectivity index (χ1n) is 12.4. The minimum Gasteiger partial charge on any atom is -0.494 e. The Morgan fingerprint density at radius 3 is 2.58 bits per heavy atom. The first kappa shape index (κ1) is 25.7. The maximum absolute atomic E-state index is 12.9. The molecular weight excluding hydrogens is 388 g/mol. The molecule has 0 aromatic heterocycles. The number of amides is 1. The van der Waals surface area contributed by atoms with Crippen LogP contribution in [0.4, 0.5) is 5.69 Å². The quantitative estimate of drug-likeness (QED) is 0.372. The summed E-state index contributed by atoms with van der Waals surface area (Å²) in [4.78, 5) is 15.5. The SMILES string of the molecule is CCCCC[C@](C)(OCCC)C(=O)Nc1ccc(OCCCN2CCC[C@H](C)C2)cc1. The largest absolute Gasteiger partial charge is 0.494 e. The Bertz CT molecular complexity index is 634. The number of nitrogens with one attached hydrogen (secondary N) is 1. The molecule has 1 heterocycles. The van der Waals surface area contributed by atoms with Crippen LogP contribution < -0.4 is 10.1 Å². The van der Waals surface area contributed by atoms with Gasteiger partial charge < -0.3 is 19.7 Å². The first-order valence-corrected chi connectivity index (χ1v) is 12.4. The van der Waals surface area contributed by atoms with Crippen molar-refractivity contribution in [3.8, 4) is 5.75 Å². The average molecular weight is 433 g/mol. The van der Waals surface area contributed by atoms with Crippen LogP contribution in [0, 0.1) is 5.92 Å². The Balaban J connectivity index is 1.78. The molecule has 31 heavy (non-hydrogen) atoms. The number of unbranched alkanes of at least 4 members (excludes halogenated alkanes) is 2. The van der Waals surface area contributed by atoms with Crippen molar-refractivity contribution in [2.75, 3.05) is 38.2 Å². The van der Waals surface area contributed by atoms with Gasteiger partial charge in [-0.2, -0.15) is 0 Å². The van der Waals surface area contributed by atoms with Gasteiger partial charge in [-0.1, -0.05) is 40.0 Å². The van der Waals surface area contributed by atoms with E-state index in [4.69, 9.17) is 9.47 Å². The Morgan fingerprint density at radius 2 is 1.90 bits per heavy atom. The molecule has 1 N–H and O–H groups in total. The number of carbonyl (C=O) groups excluding carboxylic acids is 1.